The third-order valence-corrected chi connectivity index (χ3v) is 6.04. The van der Waals surface area contributed by atoms with E-state index >= 15 is 0 Å². The Morgan fingerprint density at radius 1 is 1.33 bits per heavy atom. The molecule has 1 aliphatic carbocycles. The Bertz CT molecular complexity index is 552. The molecule has 21 heavy (non-hydrogen) atoms. The van der Waals surface area contributed by atoms with Crippen molar-refractivity contribution in [2.45, 2.75) is 56.9 Å². The average molecular weight is 415 g/mol. The number of nitrogens with zero attached hydrogens (tertiary/aromatic N) is 1. The van der Waals surface area contributed by atoms with E-state index in [0.29, 0.717) is 11.2 Å². The predicted molar refractivity (Wildman–Crippen MR) is 94.3 cm³/mol. The lowest BCUT2D eigenvalue weighted by Gasteiger charge is -2.52. The Labute approximate surface area is 143 Å². The molecule has 114 valence electrons. The molecule has 4 heteroatoms. The quantitative estimate of drug-likeness (QED) is 0.564. The van der Waals surface area contributed by atoms with E-state index < -0.39 is 0 Å². The van der Waals surface area contributed by atoms with Gasteiger partial charge < -0.3 is 4.90 Å². The lowest BCUT2D eigenvalue weighted by Crippen LogP contribution is -2.56. The van der Waals surface area contributed by atoms with E-state index in [1.807, 2.05) is 0 Å². The highest BCUT2D eigenvalue weighted by molar-refractivity contribution is 9.10. The van der Waals surface area contributed by atoms with E-state index in [1.54, 1.807) is 0 Å². The second kappa shape index (κ2) is 6.04. The number of carbonyl (C=O) groups is 1. The second-order valence-electron chi connectivity index (χ2n) is 6.46. The van der Waals surface area contributed by atoms with Crippen LogP contribution in [0.2, 0.25) is 0 Å². The molecule has 1 spiro atoms. The standard InChI is InChI=1S/C17H21Br2NO/c1-12-10-17(7-3-2-4-8-17)20(16(21)11-18)15-6-5-13(19)9-14(12)15/h5-6,9,12H,2-4,7-8,10-11H2,1H3. The van der Waals surface area contributed by atoms with Gasteiger partial charge >= 0.3 is 0 Å². The maximum Gasteiger partial charge on any atom is 0.238 e. The minimum absolute atomic E-state index is 0.0450. The molecule has 2 aliphatic rings. The van der Waals surface area contributed by atoms with Crippen LogP contribution in [0.1, 0.15) is 56.9 Å². The fourth-order valence-electron chi connectivity index (χ4n) is 4.25. The summed E-state index contributed by atoms with van der Waals surface area (Å²) in [5.41, 5.74) is 2.47. The van der Waals surface area contributed by atoms with Gasteiger partial charge in [0.2, 0.25) is 5.91 Å². The van der Waals surface area contributed by atoms with Crippen molar-refractivity contribution in [3.8, 4) is 0 Å². The number of halogens is 2. The number of hydrogen-bond acceptors (Lipinski definition) is 1. The fourth-order valence-corrected chi connectivity index (χ4v) is 4.88. The van der Waals surface area contributed by atoms with Crippen LogP contribution in [0, 0.1) is 0 Å². The van der Waals surface area contributed by atoms with Crippen molar-refractivity contribution in [2.24, 2.45) is 0 Å². The van der Waals surface area contributed by atoms with Crippen molar-refractivity contribution < 1.29 is 4.79 Å². The summed E-state index contributed by atoms with van der Waals surface area (Å²) in [6.45, 7) is 2.30. The van der Waals surface area contributed by atoms with E-state index in [1.165, 1.54) is 24.8 Å². The number of alkyl halides is 1. The number of rotatable bonds is 1. The first-order valence-electron chi connectivity index (χ1n) is 7.76. The van der Waals surface area contributed by atoms with E-state index in [0.717, 1.165) is 29.4 Å². The van der Waals surface area contributed by atoms with Crippen LogP contribution in [0.5, 0.6) is 0 Å². The van der Waals surface area contributed by atoms with Crippen molar-refractivity contribution in [3.63, 3.8) is 0 Å². The first kappa shape index (κ1) is 15.5. The minimum atomic E-state index is 0.0450. The lowest BCUT2D eigenvalue weighted by atomic mass is 9.70. The van der Waals surface area contributed by atoms with E-state index in [9.17, 15) is 4.79 Å². The van der Waals surface area contributed by atoms with E-state index in [4.69, 9.17) is 0 Å². The van der Waals surface area contributed by atoms with E-state index in [2.05, 4.69) is 61.9 Å². The molecular formula is C17H21Br2NO. The second-order valence-corrected chi connectivity index (χ2v) is 7.93. The molecule has 1 aromatic carbocycles. The highest BCUT2D eigenvalue weighted by atomic mass is 79.9. The van der Waals surface area contributed by atoms with Gasteiger partial charge in [0.05, 0.1) is 5.33 Å². The smallest absolute Gasteiger partial charge is 0.238 e. The van der Waals surface area contributed by atoms with Gasteiger partial charge in [-0.15, -0.1) is 0 Å². The first-order chi connectivity index (χ1) is 10.1. The normalized spacial score (nSPS) is 24.0. The molecule has 1 fully saturated rings. The average Bonchev–Trinajstić information content (AvgIpc) is 2.48. The molecule has 3 rings (SSSR count). The molecule has 1 amide bonds. The van der Waals surface area contributed by atoms with Crippen LogP contribution in [-0.4, -0.2) is 16.8 Å². The SMILES string of the molecule is CC1CC2(CCCCC2)N(C(=O)CBr)c2ccc(Br)cc21. The minimum Gasteiger partial charge on any atom is -0.305 e. The van der Waals surface area contributed by atoms with Crippen LogP contribution in [-0.2, 0) is 4.79 Å². The third kappa shape index (κ3) is 2.70. The van der Waals surface area contributed by atoms with Gasteiger partial charge in [-0.2, -0.15) is 0 Å². The van der Waals surface area contributed by atoms with Crippen molar-refractivity contribution in [1.29, 1.82) is 0 Å². The van der Waals surface area contributed by atoms with Crippen LogP contribution in [0.4, 0.5) is 5.69 Å². The van der Waals surface area contributed by atoms with Crippen molar-refractivity contribution >= 4 is 43.5 Å². The number of fused-ring (bicyclic) bond motifs is 1. The summed E-state index contributed by atoms with van der Waals surface area (Å²) in [5.74, 6) is 0.711. The Hall–Kier alpha value is -0.350. The van der Waals surface area contributed by atoms with E-state index in [-0.39, 0.29) is 11.4 Å². The van der Waals surface area contributed by atoms with Gasteiger partial charge in [-0.3, -0.25) is 4.79 Å². The molecule has 1 heterocycles. The molecular weight excluding hydrogens is 394 g/mol. The molecule has 0 aromatic heterocycles. The van der Waals surface area contributed by atoms with Crippen LogP contribution < -0.4 is 4.90 Å². The van der Waals surface area contributed by atoms with Crippen LogP contribution >= 0.6 is 31.9 Å². The first-order valence-corrected chi connectivity index (χ1v) is 9.67. The Balaban J connectivity index is 2.12. The summed E-state index contributed by atoms with van der Waals surface area (Å²) in [5, 5.41) is 0.401. The molecule has 0 radical (unpaired) electrons. The van der Waals surface area contributed by atoms with Gasteiger partial charge in [0.15, 0.2) is 0 Å². The summed E-state index contributed by atoms with van der Waals surface area (Å²) in [4.78, 5) is 14.8. The Morgan fingerprint density at radius 2 is 2.05 bits per heavy atom. The zero-order valence-electron chi connectivity index (χ0n) is 12.4. The van der Waals surface area contributed by atoms with Crippen molar-refractivity contribution in [1.82, 2.24) is 0 Å². The highest BCUT2D eigenvalue weighted by Crippen LogP contribution is 2.50. The maximum atomic E-state index is 12.7. The van der Waals surface area contributed by atoms with Crippen LogP contribution in [0.3, 0.4) is 0 Å². The molecule has 0 bridgehead atoms. The maximum absolute atomic E-state index is 12.7. The van der Waals surface area contributed by atoms with Gasteiger partial charge in [0.1, 0.15) is 0 Å². The van der Waals surface area contributed by atoms with Crippen molar-refractivity contribution in [3.05, 3.63) is 28.2 Å². The molecule has 0 N–H and O–H groups in total. The Morgan fingerprint density at radius 3 is 2.71 bits per heavy atom. The molecule has 1 saturated carbocycles. The van der Waals surface area contributed by atoms with Crippen molar-refractivity contribution in [2.75, 3.05) is 10.2 Å². The summed E-state index contributed by atoms with van der Waals surface area (Å²) in [6.07, 6.45) is 7.17. The monoisotopic (exact) mass is 413 g/mol. The van der Waals surface area contributed by atoms with Gasteiger partial charge in [0.25, 0.3) is 0 Å². The summed E-state index contributed by atoms with van der Waals surface area (Å²) in [6, 6.07) is 6.36. The molecule has 1 atom stereocenters. The number of carbonyl (C=O) groups excluding carboxylic acids is 1. The highest BCUT2D eigenvalue weighted by Gasteiger charge is 2.46. The van der Waals surface area contributed by atoms with Crippen LogP contribution in [0.15, 0.2) is 22.7 Å². The predicted octanol–water partition coefficient (Wildman–Crippen LogP) is 5.39. The largest absolute Gasteiger partial charge is 0.305 e. The topological polar surface area (TPSA) is 20.3 Å². The molecule has 1 unspecified atom stereocenters. The number of hydrogen-bond donors (Lipinski definition) is 0. The van der Waals surface area contributed by atoms with Gasteiger partial charge in [-0.05, 0) is 48.9 Å². The van der Waals surface area contributed by atoms with Crippen LogP contribution in [0.25, 0.3) is 0 Å². The van der Waals surface area contributed by atoms with Gasteiger partial charge in [0, 0.05) is 15.7 Å². The number of anilines is 1. The lowest BCUT2D eigenvalue weighted by molar-refractivity contribution is -0.117. The molecule has 0 saturated heterocycles. The zero-order valence-corrected chi connectivity index (χ0v) is 15.5. The Kier molecular flexibility index (Phi) is 4.47. The number of amides is 1. The number of benzene rings is 1. The zero-order chi connectivity index (χ0) is 15.0. The summed E-state index contributed by atoms with van der Waals surface area (Å²) >= 11 is 6.95. The summed E-state index contributed by atoms with van der Waals surface area (Å²) in [7, 11) is 0. The third-order valence-electron chi connectivity index (χ3n) is 5.07. The summed E-state index contributed by atoms with van der Waals surface area (Å²) < 4.78 is 1.10. The molecule has 1 aromatic rings. The fraction of sp³-hybridized carbons (Fsp3) is 0.588. The molecule has 1 aliphatic heterocycles. The van der Waals surface area contributed by atoms with Gasteiger partial charge in [-0.1, -0.05) is 58.0 Å². The molecule has 2 nitrogen and oxygen atoms in total. The van der Waals surface area contributed by atoms with Gasteiger partial charge in [-0.25, -0.2) is 0 Å².